The number of rotatable bonds is 6. The minimum atomic E-state index is -0.560. The van der Waals surface area contributed by atoms with Crippen LogP contribution in [0.25, 0.3) is 5.69 Å². The van der Waals surface area contributed by atoms with Crippen molar-refractivity contribution in [1.82, 2.24) is 15.2 Å². The maximum Gasteiger partial charge on any atom is 0.281 e. The van der Waals surface area contributed by atoms with Crippen molar-refractivity contribution in [3.63, 3.8) is 0 Å². The second-order valence-corrected chi connectivity index (χ2v) is 7.16. The quantitative estimate of drug-likeness (QED) is 0.270. The zero-order valence-corrected chi connectivity index (χ0v) is 17.6. The van der Waals surface area contributed by atoms with E-state index >= 15 is 0 Å². The van der Waals surface area contributed by atoms with E-state index in [1.165, 1.54) is 28.9 Å². The van der Waals surface area contributed by atoms with Crippen LogP contribution in [0.2, 0.25) is 0 Å². The SMILES string of the molecule is Cc1[nH]n(-c2ccccc2)c(=O)c1/C(=N/NC(=O)c1ccc([N+](=O)[O-])cc1)c1ccccc1. The molecule has 0 aliphatic heterocycles. The minimum absolute atomic E-state index is 0.121. The number of carbonyl (C=O) groups excluding carboxylic acids is 1. The van der Waals surface area contributed by atoms with Gasteiger partial charge in [-0.15, -0.1) is 0 Å². The Hall–Kier alpha value is -4.79. The van der Waals surface area contributed by atoms with Crippen LogP contribution in [0.1, 0.15) is 27.2 Å². The van der Waals surface area contributed by atoms with Gasteiger partial charge in [0.1, 0.15) is 5.71 Å². The average Bonchev–Trinajstić information content (AvgIpc) is 3.14. The third-order valence-corrected chi connectivity index (χ3v) is 4.98. The van der Waals surface area contributed by atoms with Crippen molar-refractivity contribution >= 4 is 17.3 Å². The lowest BCUT2D eigenvalue weighted by Gasteiger charge is -2.07. The van der Waals surface area contributed by atoms with Crippen molar-refractivity contribution in [3.05, 3.63) is 128 Å². The lowest BCUT2D eigenvalue weighted by molar-refractivity contribution is -0.384. The number of hydrazone groups is 1. The Morgan fingerprint density at radius 3 is 2.15 bits per heavy atom. The Morgan fingerprint density at radius 2 is 1.55 bits per heavy atom. The monoisotopic (exact) mass is 441 g/mol. The molecule has 0 aliphatic carbocycles. The molecule has 3 aromatic carbocycles. The second kappa shape index (κ2) is 9.15. The van der Waals surface area contributed by atoms with E-state index in [0.717, 1.165) is 0 Å². The number of hydrogen-bond acceptors (Lipinski definition) is 5. The van der Waals surface area contributed by atoms with Gasteiger partial charge in [0, 0.05) is 29.0 Å². The van der Waals surface area contributed by atoms with Crippen molar-refractivity contribution in [2.45, 2.75) is 6.92 Å². The van der Waals surface area contributed by atoms with Crippen molar-refractivity contribution in [2.75, 3.05) is 0 Å². The van der Waals surface area contributed by atoms with Gasteiger partial charge in [-0.3, -0.25) is 24.8 Å². The average molecular weight is 441 g/mol. The number of para-hydroxylation sites is 1. The molecule has 0 aliphatic rings. The zero-order chi connectivity index (χ0) is 23.4. The third kappa shape index (κ3) is 4.47. The van der Waals surface area contributed by atoms with Crippen LogP contribution in [-0.4, -0.2) is 26.3 Å². The van der Waals surface area contributed by atoms with Gasteiger partial charge in [-0.1, -0.05) is 48.5 Å². The summed E-state index contributed by atoms with van der Waals surface area (Å²) in [6.07, 6.45) is 0. The molecule has 0 unspecified atom stereocenters. The number of nitrogens with zero attached hydrogens (tertiary/aromatic N) is 3. The van der Waals surface area contributed by atoms with Crippen molar-refractivity contribution < 1.29 is 9.72 Å². The van der Waals surface area contributed by atoms with Crippen molar-refractivity contribution in [3.8, 4) is 5.69 Å². The highest BCUT2D eigenvalue weighted by Crippen LogP contribution is 2.14. The largest absolute Gasteiger partial charge is 0.295 e. The van der Waals surface area contributed by atoms with Gasteiger partial charge >= 0.3 is 0 Å². The molecule has 1 aromatic heterocycles. The number of amides is 1. The molecule has 0 fully saturated rings. The van der Waals surface area contributed by atoms with Crippen LogP contribution >= 0.6 is 0 Å². The predicted molar refractivity (Wildman–Crippen MR) is 124 cm³/mol. The highest BCUT2D eigenvalue weighted by Gasteiger charge is 2.20. The van der Waals surface area contributed by atoms with E-state index in [4.69, 9.17) is 0 Å². The second-order valence-electron chi connectivity index (χ2n) is 7.16. The molecule has 0 radical (unpaired) electrons. The van der Waals surface area contributed by atoms with E-state index in [0.29, 0.717) is 28.2 Å². The smallest absolute Gasteiger partial charge is 0.281 e. The molecule has 1 amide bonds. The number of aromatic nitrogens is 2. The normalized spacial score (nSPS) is 11.2. The number of nitro groups is 1. The molecular weight excluding hydrogens is 422 g/mol. The molecule has 4 rings (SSSR count). The highest BCUT2D eigenvalue weighted by atomic mass is 16.6. The minimum Gasteiger partial charge on any atom is -0.295 e. The summed E-state index contributed by atoms with van der Waals surface area (Å²) >= 11 is 0. The first-order valence-corrected chi connectivity index (χ1v) is 10.0. The molecule has 0 spiro atoms. The Labute approximate surface area is 188 Å². The van der Waals surface area contributed by atoms with Gasteiger partial charge in [0.2, 0.25) is 0 Å². The van der Waals surface area contributed by atoms with Crippen LogP contribution in [0.5, 0.6) is 0 Å². The fraction of sp³-hybridized carbons (Fsp3) is 0.0417. The number of non-ortho nitro benzene ring substituents is 1. The maximum atomic E-state index is 13.3. The fourth-order valence-electron chi connectivity index (χ4n) is 3.35. The number of H-pyrrole nitrogens is 1. The highest BCUT2D eigenvalue weighted by molar-refractivity contribution is 6.13. The van der Waals surface area contributed by atoms with E-state index in [2.05, 4.69) is 15.6 Å². The topological polar surface area (TPSA) is 122 Å². The first kappa shape index (κ1) is 21.4. The maximum absolute atomic E-state index is 13.3. The van der Waals surface area contributed by atoms with Crippen molar-refractivity contribution in [1.29, 1.82) is 0 Å². The number of nitrogens with one attached hydrogen (secondary N) is 2. The number of hydrogen-bond donors (Lipinski definition) is 2. The molecule has 9 heteroatoms. The molecule has 33 heavy (non-hydrogen) atoms. The lowest BCUT2D eigenvalue weighted by atomic mass is 10.0. The lowest BCUT2D eigenvalue weighted by Crippen LogP contribution is -2.25. The van der Waals surface area contributed by atoms with E-state index in [-0.39, 0.29) is 16.8 Å². The predicted octanol–water partition coefficient (Wildman–Crippen LogP) is 3.56. The Kier molecular flexibility index (Phi) is 5.94. The van der Waals surface area contributed by atoms with Gasteiger partial charge in [-0.2, -0.15) is 5.10 Å². The van der Waals surface area contributed by atoms with E-state index < -0.39 is 10.8 Å². The fourth-order valence-corrected chi connectivity index (χ4v) is 3.35. The molecule has 4 aromatic rings. The number of carbonyl (C=O) groups is 1. The molecule has 0 bridgehead atoms. The van der Waals surface area contributed by atoms with E-state index in [1.54, 1.807) is 43.3 Å². The number of nitro benzene ring substituents is 1. The Bertz CT molecular complexity index is 1390. The van der Waals surface area contributed by atoms with E-state index in [9.17, 15) is 19.7 Å². The number of aryl methyl sites for hydroxylation is 1. The van der Waals surface area contributed by atoms with Gasteiger partial charge in [-0.05, 0) is 31.2 Å². The molecule has 164 valence electrons. The van der Waals surface area contributed by atoms with Crippen LogP contribution < -0.4 is 11.0 Å². The van der Waals surface area contributed by atoms with Crippen LogP contribution in [0.3, 0.4) is 0 Å². The number of benzene rings is 3. The summed E-state index contributed by atoms with van der Waals surface area (Å²) in [5.41, 5.74) is 4.72. The van der Waals surface area contributed by atoms with Crippen molar-refractivity contribution in [2.24, 2.45) is 5.10 Å². The molecular formula is C24H19N5O4. The summed E-state index contributed by atoms with van der Waals surface area (Å²) in [6, 6.07) is 23.3. The first-order valence-electron chi connectivity index (χ1n) is 10.0. The van der Waals surface area contributed by atoms with Gasteiger partial charge in [0.15, 0.2) is 0 Å². The molecule has 0 atom stereocenters. The molecule has 2 N–H and O–H groups in total. The van der Waals surface area contributed by atoms with Crippen LogP contribution in [0.4, 0.5) is 5.69 Å². The van der Waals surface area contributed by atoms with Crippen LogP contribution in [-0.2, 0) is 0 Å². The molecule has 0 saturated carbocycles. The van der Waals surface area contributed by atoms with Gasteiger partial charge < -0.3 is 0 Å². The number of aromatic amines is 1. The van der Waals surface area contributed by atoms with Gasteiger partial charge in [-0.25, -0.2) is 10.1 Å². The summed E-state index contributed by atoms with van der Waals surface area (Å²) in [5.74, 6) is -0.560. The van der Waals surface area contributed by atoms with Crippen LogP contribution in [0, 0.1) is 17.0 Å². The summed E-state index contributed by atoms with van der Waals surface area (Å²) < 4.78 is 1.42. The van der Waals surface area contributed by atoms with Gasteiger partial charge in [0.25, 0.3) is 17.2 Å². The molecule has 1 heterocycles. The third-order valence-electron chi connectivity index (χ3n) is 4.98. The Balaban J connectivity index is 1.74. The summed E-state index contributed by atoms with van der Waals surface area (Å²) in [4.78, 5) is 36.2. The summed E-state index contributed by atoms with van der Waals surface area (Å²) in [6.45, 7) is 1.76. The molecule has 0 saturated heterocycles. The summed E-state index contributed by atoms with van der Waals surface area (Å²) in [7, 11) is 0. The standard InChI is InChI=1S/C24H19N5O4/c1-16-21(24(31)28(27-16)19-10-6-3-7-11-19)22(17-8-4-2-5-9-17)25-26-23(30)18-12-14-20(15-13-18)29(32)33/h2-15,27H,1H3,(H,26,30)/b25-22+. The van der Waals surface area contributed by atoms with E-state index in [1.807, 2.05) is 24.3 Å². The summed E-state index contributed by atoms with van der Waals surface area (Å²) in [5, 5.41) is 18.2. The Morgan fingerprint density at radius 1 is 0.939 bits per heavy atom. The zero-order valence-electron chi connectivity index (χ0n) is 17.6. The molecule has 9 nitrogen and oxygen atoms in total. The van der Waals surface area contributed by atoms with Gasteiger partial charge in [0.05, 0.1) is 16.2 Å². The first-order chi connectivity index (χ1) is 16.0. The van der Waals surface area contributed by atoms with Crippen LogP contribution in [0.15, 0.2) is 94.8 Å².